The van der Waals surface area contributed by atoms with Crippen molar-refractivity contribution < 1.29 is 19.1 Å². The van der Waals surface area contributed by atoms with Crippen molar-refractivity contribution in [2.75, 3.05) is 20.3 Å². The number of rotatable bonds is 11. The summed E-state index contributed by atoms with van der Waals surface area (Å²) < 4.78 is 11.1. The van der Waals surface area contributed by atoms with Crippen LogP contribution in [0.4, 0.5) is 0 Å². The van der Waals surface area contributed by atoms with Gasteiger partial charge in [-0.3, -0.25) is 9.59 Å². The lowest BCUT2D eigenvalue weighted by Crippen LogP contribution is -2.51. The molecule has 0 aliphatic rings. The number of nitrogens with zero attached hydrogens (tertiary/aromatic N) is 1. The molecule has 0 aliphatic carbocycles. The first kappa shape index (κ1) is 25.1. The van der Waals surface area contributed by atoms with Gasteiger partial charge in [0.25, 0.3) is 5.91 Å². The molecule has 0 radical (unpaired) electrons. The van der Waals surface area contributed by atoms with Crippen molar-refractivity contribution in [2.45, 2.75) is 25.9 Å². The summed E-state index contributed by atoms with van der Waals surface area (Å²) in [4.78, 5) is 28.2. The van der Waals surface area contributed by atoms with Gasteiger partial charge in [0.2, 0.25) is 5.91 Å². The maximum absolute atomic E-state index is 13.5. The van der Waals surface area contributed by atoms with Crippen LogP contribution in [0.15, 0.2) is 78.9 Å². The smallest absolute Gasteiger partial charge is 0.261 e. The summed E-state index contributed by atoms with van der Waals surface area (Å²) >= 11 is 6.04. The minimum absolute atomic E-state index is 0.217. The third-order valence-corrected chi connectivity index (χ3v) is 5.56. The van der Waals surface area contributed by atoms with E-state index in [9.17, 15) is 9.59 Å². The molecule has 6 nitrogen and oxygen atoms in total. The Bertz CT molecular complexity index is 1070. The molecule has 3 aromatic rings. The second-order valence-corrected chi connectivity index (χ2v) is 8.12. The number of benzene rings is 3. The number of carbonyl (C=O) groups excluding carboxylic acids is 2. The topological polar surface area (TPSA) is 67.9 Å². The molecule has 7 heteroatoms. The van der Waals surface area contributed by atoms with Crippen molar-refractivity contribution in [1.29, 1.82) is 0 Å². The highest BCUT2D eigenvalue weighted by Crippen LogP contribution is 2.26. The number of para-hydroxylation sites is 2. The van der Waals surface area contributed by atoms with Crippen molar-refractivity contribution in [3.63, 3.8) is 0 Å². The molecular formula is C27H29ClN2O4. The molecule has 0 fully saturated rings. The van der Waals surface area contributed by atoms with Crippen LogP contribution in [0.3, 0.4) is 0 Å². The van der Waals surface area contributed by atoms with Gasteiger partial charge in [-0.1, -0.05) is 66.2 Å². The zero-order chi connectivity index (χ0) is 24.3. The summed E-state index contributed by atoms with van der Waals surface area (Å²) in [5.74, 6) is 0.463. The molecule has 34 heavy (non-hydrogen) atoms. The monoisotopic (exact) mass is 480 g/mol. The van der Waals surface area contributed by atoms with E-state index in [4.69, 9.17) is 21.1 Å². The van der Waals surface area contributed by atoms with Gasteiger partial charge in [0, 0.05) is 24.5 Å². The number of ether oxygens (including phenoxy) is 2. The molecule has 0 heterocycles. The standard InChI is InChI=1S/C27H29ClN2O4/c1-3-29-27(32)23(17-20-9-5-4-6-10-20)30(18-21-13-15-22(28)16-14-21)26(31)19-34-25-12-8-7-11-24(25)33-2/h4-16,23H,3,17-19H2,1-2H3,(H,29,32)/t23-/m1/s1. The van der Waals surface area contributed by atoms with Crippen molar-refractivity contribution in [3.05, 3.63) is 95.0 Å². The minimum Gasteiger partial charge on any atom is -0.493 e. The van der Waals surface area contributed by atoms with E-state index < -0.39 is 6.04 Å². The van der Waals surface area contributed by atoms with Crippen LogP contribution in [-0.2, 0) is 22.6 Å². The van der Waals surface area contributed by atoms with Crippen LogP contribution in [0.25, 0.3) is 0 Å². The first-order chi connectivity index (χ1) is 16.5. The predicted molar refractivity (Wildman–Crippen MR) is 133 cm³/mol. The SMILES string of the molecule is CCNC(=O)[C@@H](Cc1ccccc1)N(Cc1ccc(Cl)cc1)C(=O)COc1ccccc1OC. The van der Waals surface area contributed by atoms with Crippen molar-refractivity contribution >= 4 is 23.4 Å². The lowest BCUT2D eigenvalue weighted by molar-refractivity contribution is -0.142. The quantitative estimate of drug-likeness (QED) is 0.438. The molecule has 1 N–H and O–H groups in total. The number of likely N-dealkylation sites (N-methyl/N-ethyl adjacent to an activating group) is 1. The first-order valence-electron chi connectivity index (χ1n) is 11.1. The molecule has 178 valence electrons. The Labute approximate surface area is 205 Å². The summed E-state index contributed by atoms with van der Waals surface area (Å²) in [6.07, 6.45) is 0.376. The first-order valence-corrected chi connectivity index (χ1v) is 11.5. The molecular weight excluding hydrogens is 452 g/mol. The van der Waals surface area contributed by atoms with Crippen LogP contribution >= 0.6 is 11.6 Å². The van der Waals surface area contributed by atoms with Crippen LogP contribution in [0.2, 0.25) is 5.02 Å². The number of hydrogen-bond acceptors (Lipinski definition) is 4. The van der Waals surface area contributed by atoms with Gasteiger partial charge in [-0.05, 0) is 42.3 Å². The summed E-state index contributed by atoms with van der Waals surface area (Å²) in [5.41, 5.74) is 1.82. The third-order valence-electron chi connectivity index (χ3n) is 5.31. The van der Waals surface area contributed by atoms with Crippen LogP contribution in [-0.4, -0.2) is 43.0 Å². The Kier molecular flexibility index (Phi) is 9.35. The molecule has 3 aromatic carbocycles. The van der Waals surface area contributed by atoms with Gasteiger partial charge in [-0.25, -0.2) is 0 Å². The molecule has 0 unspecified atom stereocenters. The van der Waals surface area contributed by atoms with E-state index in [0.717, 1.165) is 11.1 Å². The Hall–Kier alpha value is -3.51. The minimum atomic E-state index is -0.716. The second-order valence-electron chi connectivity index (χ2n) is 7.69. The van der Waals surface area contributed by atoms with E-state index in [-0.39, 0.29) is 25.0 Å². The molecule has 3 rings (SSSR count). The maximum atomic E-state index is 13.5. The number of amides is 2. The second kappa shape index (κ2) is 12.7. The summed E-state index contributed by atoms with van der Waals surface area (Å²) in [6, 6.07) is 23.3. The zero-order valence-electron chi connectivity index (χ0n) is 19.4. The molecule has 0 bridgehead atoms. The average Bonchev–Trinajstić information content (AvgIpc) is 2.86. The van der Waals surface area contributed by atoms with E-state index in [2.05, 4.69) is 5.32 Å². The highest BCUT2D eigenvalue weighted by atomic mass is 35.5. The van der Waals surface area contributed by atoms with Gasteiger partial charge >= 0.3 is 0 Å². The fraction of sp³-hybridized carbons (Fsp3) is 0.259. The fourth-order valence-corrected chi connectivity index (χ4v) is 3.72. The lowest BCUT2D eigenvalue weighted by Gasteiger charge is -2.31. The molecule has 2 amide bonds. The van der Waals surface area contributed by atoms with Gasteiger partial charge in [-0.2, -0.15) is 0 Å². The van der Waals surface area contributed by atoms with Gasteiger partial charge < -0.3 is 19.7 Å². The average molecular weight is 481 g/mol. The fourth-order valence-electron chi connectivity index (χ4n) is 3.59. The van der Waals surface area contributed by atoms with Crippen LogP contribution in [0.5, 0.6) is 11.5 Å². The van der Waals surface area contributed by atoms with Gasteiger partial charge in [0.15, 0.2) is 18.1 Å². The number of halogens is 1. The summed E-state index contributed by atoms with van der Waals surface area (Å²) in [6.45, 7) is 2.32. The van der Waals surface area contributed by atoms with Crippen molar-refractivity contribution in [2.24, 2.45) is 0 Å². The van der Waals surface area contributed by atoms with Crippen molar-refractivity contribution in [1.82, 2.24) is 10.2 Å². The van der Waals surface area contributed by atoms with Gasteiger partial charge in [0.05, 0.1) is 7.11 Å². The molecule has 0 saturated heterocycles. The third kappa shape index (κ3) is 6.99. The molecule has 0 spiro atoms. The largest absolute Gasteiger partial charge is 0.493 e. The highest BCUT2D eigenvalue weighted by Gasteiger charge is 2.30. The van der Waals surface area contributed by atoms with E-state index >= 15 is 0 Å². The predicted octanol–water partition coefficient (Wildman–Crippen LogP) is 4.50. The van der Waals surface area contributed by atoms with Crippen molar-refractivity contribution in [3.8, 4) is 11.5 Å². The van der Waals surface area contributed by atoms with E-state index in [1.165, 1.54) is 0 Å². The normalized spacial score (nSPS) is 11.4. The highest BCUT2D eigenvalue weighted by molar-refractivity contribution is 6.30. The summed E-state index contributed by atoms with van der Waals surface area (Å²) in [7, 11) is 1.54. The van der Waals surface area contributed by atoms with Crippen LogP contribution in [0, 0.1) is 0 Å². The molecule has 0 saturated carbocycles. The Balaban J connectivity index is 1.89. The van der Waals surface area contributed by atoms with E-state index in [1.807, 2.05) is 55.5 Å². The number of hydrogen-bond donors (Lipinski definition) is 1. The summed E-state index contributed by atoms with van der Waals surface area (Å²) in [5, 5.41) is 3.48. The Morgan fingerprint density at radius 1 is 0.912 bits per heavy atom. The number of nitrogens with one attached hydrogen (secondary N) is 1. The zero-order valence-corrected chi connectivity index (χ0v) is 20.1. The van der Waals surface area contributed by atoms with Crippen LogP contribution in [0.1, 0.15) is 18.1 Å². The van der Waals surface area contributed by atoms with Gasteiger partial charge in [0.1, 0.15) is 6.04 Å². The van der Waals surface area contributed by atoms with Crippen LogP contribution < -0.4 is 14.8 Å². The Morgan fingerprint density at radius 3 is 2.21 bits per heavy atom. The molecule has 1 atom stereocenters. The molecule has 0 aliphatic heterocycles. The van der Waals surface area contributed by atoms with E-state index in [0.29, 0.717) is 29.5 Å². The van der Waals surface area contributed by atoms with E-state index in [1.54, 1.807) is 42.3 Å². The molecule has 0 aromatic heterocycles. The lowest BCUT2D eigenvalue weighted by atomic mass is 10.0. The van der Waals surface area contributed by atoms with Gasteiger partial charge in [-0.15, -0.1) is 0 Å². The number of carbonyl (C=O) groups is 2. The number of methoxy groups -OCH3 is 1. The Morgan fingerprint density at radius 2 is 1.56 bits per heavy atom. The maximum Gasteiger partial charge on any atom is 0.261 e.